The van der Waals surface area contributed by atoms with Gasteiger partial charge in [-0.2, -0.15) is 0 Å². The van der Waals surface area contributed by atoms with Gasteiger partial charge >= 0.3 is 0 Å². The van der Waals surface area contributed by atoms with Crippen molar-refractivity contribution < 1.29 is 0 Å². The van der Waals surface area contributed by atoms with Gasteiger partial charge in [-0.3, -0.25) is 0 Å². The van der Waals surface area contributed by atoms with Crippen LogP contribution in [-0.4, -0.2) is 0 Å². The van der Waals surface area contributed by atoms with E-state index in [9.17, 15) is 0 Å². The normalized spacial score (nSPS) is 12.4. The van der Waals surface area contributed by atoms with Crippen LogP contribution in [0.2, 0.25) is 0 Å². The topological polar surface area (TPSA) is 38.0 Å². The van der Waals surface area contributed by atoms with Crippen LogP contribution in [0.1, 0.15) is 29.8 Å². The summed E-state index contributed by atoms with van der Waals surface area (Å²) in [5.41, 5.74) is 8.98. The molecule has 0 aliphatic heterocycles. The van der Waals surface area contributed by atoms with E-state index < -0.39 is 0 Å². The molecule has 2 nitrogen and oxygen atoms in total. The summed E-state index contributed by atoms with van der Waals surface area (Å²) in [5, 5.41) is 5.64. The molecule has 0 radical (unpaired) electrons. The fourth-order valence-corrected chi connectivity index (χ4v) is 2.66. The molecular formula is C14H18N2S. The number of nitrogens with two attached hydrogens (primary N) is 1. The van der Waals surface area contributed by atoms with Crippen molar-refractivity contribution in [3.8, 4) is 0 Å². The highest BCUT2D eigenvalue weighted by atomic mass is 32.1. The average molecular weight is 246 g/mol. The summed E-state index contributed by atoms with van der Waals surface area (Å²) in [6, 6.07) is 10.8. The molecule has 3 N–H and O–H groups in total. The lowest BCUT2D eigenvalue weighted by Gasteiger charge is -2.17. The van der Waals surface area contributed by atoms with E-state index >= 15 is 0 Å². The predicted molar refractivity (Wildman–Crippen MR) is 76.6 cm³/mol. The van der Waals surface area contributed by atoms with E-state index in [0.717, 1.165) is 23.4 Å². The zero-order chi connectivity index (χ0) is 12.3. The molecule has 0 bridgehead atoms. The van der Waals surface area contributed by atoms with E-state index in [1.54, 1.807) is 11.3 Å². The molecule has 17 heavy (non-hydrogen) atoms. The number of hydrogen-bond acceptors (Lipinski definition) is 3. The summed E-state index contributed by atoms with van der Waals surface area (Å²) < 4.78 is 0. The van der Waals surface area contributed by atoms with E-state index in [1.165, 1.54) is 4.88 Å². The van der Waals surface area contributed by atoms with Gasteiger partial charge in [-0.05, 0) is 42.5 Å². The molecule has 1 heterocycles. The minimum atomic E-state index is 0.372. The van der Waals surface area contributed by atoms with Crippen LogP contribution in [0.4, 0.5) is 11.4 Å². The van der Waals surface area contributed by atoms with Crippen molar-refractivity contribution in [2.45, 2.75) is 26.3 Å². The van der Waals surface area contributed by atoms with Crippen LogP contribution in [0.3, 0.4) is 0 Å². The Morgan fingerprint density at radius 1 is 1.35 bits per heavy atom. The number of nitrogen functional groups attached to an aromatic ring is 1. The van der Waals surface area contributed by atoms with Crippen LogP contribution in [-0.2, 0) is 0 Å². The zero-order valence-electron chi connectivity index (χ0n) is 10.2. The number of benzene rings is 1. The SMILES string of the molecule is CCC(Nc1ccc(C)c(N)c1)c1cccs1. The molecule has 1 aromatic heterocycles. The lowest BCUT2D eigenvalue weighted by Crippen LogP contribution is -2.08. The van der Waals surface area contributed by atoms with E-state index in [4.69, 9.17) is 5.73 Å². The van der Waals surface area contributed by atoms with Crippen molar-refractivity contribution in [1.82, 2.24) is 0 Å². The van der Waals surface area contributed by atoms with Crippen LogP contribution in [0.25, 0.3) is 0 Å². The molecule has 1 aromatic carbocycles. The summed E-state index contributed by atoms with van der Waals surface area (Å²) in [7, 11) is 0. The molecule has 0 amide bonds. The van der Waals surface area contributed by atoms with E-state index in [2.05, 4.69) is 41.9 Å². The Morgan fingerprint density at radius 2 is 2.18 bits per heavy atom. The van der Waals surface area contributed by atoms with Crippen LogP contribution < -0.4 is 11.1 Å². The third kappa shape index (κ3) is 2.80. The van der Waals surface area contributed by atoms with Crippen LogP contribution in [0, 0.1) is 6.92 Å². The predicted octanol–water partition coefficient (Wildman–Crippen LogP) is 4.20. The number of thiophene rings is 1. The van der Waals surface area contributed by atoms with Gasteiger partial charge in [0.05, 0.1) is 6.04 Å². The van der Waals surface area contributed by atoms with Crippen LogP contribution >= 0.6 is 11.3 Å². The number of anilines is 2. The first-order valence-electron chi connectivity index (χ1n) is 5.86. The Kier molecular flexibility index (Phi) is 3.69. The summed E-state index contributed by atoms with van der Waals surface area (Å²) in [6.45, 7) is 4.21. The molecule has 0 aliphatic carbocycles. The minimum Gasteiger partial charge on any atom is -0.398 e. The summed E-state index contributed by atoms with van der Waals surface area (Å²) in [4.78, 5) is 1.37. The summed E-state index contributed by atoms with van der Waals surface area (Å²) in [6.07, 6.45) is 1.06. The molecule has 0 spiro atoms. The second-order valence-electron chi connectivity index (χ2n) is 4.19. The molecule has 2 rings (SSSR count). The van der Waals surface area contributed by atoms with E-state index in [0.29, 0.717) is 6.04 Å². The standard InChI is InChI=1S/C14H18N2S/c1-3-13(14-5-4-8-17-14)16-11-7-6-10(2)12(15)9-11/h4-9,13,16H,3,15H2,1-2H3. The summed E-state index contributed by atoms with van der Waals surface area (Å²) in [5.74, 6) is 0. The average Bonchev–Trinajstić information content (AvgIpc) is 2.84. The molecule has 1 unspecified atom stereocenters. The van der Waals surface area contributed by atoms with Crippen molar-refractivity contribution in [2.24, 2.45) is 0 Å². The molecule has 0 fully saturated rings. The Morgan fingerprint density at radius 3 is 2.76 bits per heavy atom. The van der Waals surface area contributed by atoms with Crippen LogP contribution in [0.5, 0.6) is 0 Å². The monoisotopic (exact) mass is 246 g/mol. The first-order chi connectivity index (χ1) is 8.20. The Bertz CT molecular complexity index is 477. The smallest absolute Gasteiger partial charge is 0.0604 e. The first kappa shape index (κ1) is 12.0. The molecule has 3 heteroatoms. The fraction of sp³-hybridized carbons (Fsp3) is 0.286. The Labute approximate surface area is 106 Å². The number of aryl methyl sites for hydroxylation is 1. The lowest BCUT2D eigenvalue weighted by molar-refractivity contribution is 0.764. The highest BCUT2D eigenvalue weighted by Gasteiger charge is 2.10. The third-order valence-corrected chi connectivity index (χ3v) is 3.90. The van der Waals surface area contributed by atoms with Crippen molar-refractivity contribution >= 4 is 22.7 Å². The minimum absolute atomic E-state index is 0.372. The number of rotatable bonds is 4. The maximum absolute atomic E-state index is 5.92. The Hall–Kier alpha value is -1.48. The lowest BCUT2D eigenvalue weighted by atomic mass is 10.1. The highest BCUT2D eigenvalue weighted by molar-refractivity contribution is 7.10. The van der Waals surface area contributed by atoms with Crippen molar-refractivity contribution in [1.29, 1.82) is 0 Å². The quantitative estimate of drug-likeness (QED) is 0.793. The molecule has 90 valence electrons. The number of hydrogen-bond donors (Lipinski definition) is 2. The second-order valence-corrected chi connectivity index (χ2v) is 5.17. The molecule has 0 saturated heterocycles. The Balaban J connectivity index is 2.16. The zero-order valence-corrected chi connectivity index (χ0v) is 11.1. The van der Waals surface area contributed by atoms with Gasteiger partial charge in [-0.15, -0.1) is 11.3 Å². The van der Waals surface area contributed by atoms with Gasteiger partial charge in [-0.1, -0.05) is 19.1 Å². The van der Waals surface area contributed by atoms with Gasteiger partial charge in [0.2, 0.25) is 0 Å². The number of nitrogens with one attached hydrogen (secondary N) is 1. The maximum Gasteiger partial charge on any atom is 0.0604 e. The van der Waals surface area contributed by atoms with Gasteiger partial charge in [0, 0.05) is 16.3 Å². The van der Waals surface area contributed by atoms with Gasteiger partial charge < -0.3 is 11.1 Å². The van der Waals surface area contributed by atoms with Gasteiger partial charge in [0.1, 0.15) is 0 Å². The first-order valence-corrected chi connectivity index (χ1v) is 6.74. The van der Waals surface area contributed by atoms with Crippen molar-refractivity contribution in [3.63, 3.8) is 0 Å². The third-order valence-electron chi connectivity index (χ3n) is 2.92. The molecular weight excluding hydrogens is 228 g/mol. The maximum atomic E-state index is 5.92. The molecule has 0 aliphatic rings. The fourth-order valence-electron chi connectivity index (χ4n) is 1.80. The van der Waals surface area contributed by atoms with Crippen LogP contribution in [0.15, 0.2) is 35.7 Å². The molecule has 0 saturated carbocycles. The van der Waals surface area contributed by atoms with Gasteiger partial charge in [-0.25, -0.2) is 0 Å². The van der Waals surface area contributed by atoms with Gasteiger partial charge in [0.15, 0.2) is 0 Å². The largest absolute Gasteiger partial charge is 0.398 e. The van der Waals surface area contributed by atoms with E-state index in [1.807, 2.05) is 13.0 Å². The van der Waals surface area contributed by atoms with Gasteiger partial charge in [0.25, 0.3) is 0 Å². The van der Waals surface area contributed by atoms with Crippen molar-refractivity contribution in [2.75, 3.05) is 11.1 Å². The summed E-state index contributed by atoms with van der Waals surface area (Å²) >= 11 is 1.79. The van der Waals surface area contributed by atoms with Crippen molar-refractivity contribution in [3.05, 3.63) is 46.2 Å². The second kappa shape index (κ2) is 5.23. The molecule has 1 atom stereocenters. The molecule has 2 aromatic rings. The highest BCUT2D eigenvalue weighted by Crippen LogP contribution is 2.27. The van der Waals surface area contributed by atoms with E-state index in [-0.39, 0.29) is 0 Å².